The topological polar surface area (TPSA) is 101 Å². The molecule has 1 atom stereocenters. The number of aliphatic hydroxyl groups is 1. The van der Waals surface area contributed by atoms with Gasteiger partial charge in [0.25, 0.3) is 0 Å². The fraction of sp³-hybridized carbons (Fsp3) is 1.00. The molecule has 1 rings (SSSR count). The van der Waals surface area contributed by atoms with Crippen LogP contribution in [0, 0.1) is 0 Å². The number of sulfonamides is 1. The number of nitrogens with one attached hydrogen (secondary N) is 1. The Labute approximate surface area is 96.0 Å². The van der Waals surface area contributed by atoms with Gasteiger partial charge in [0.05, 0.1) is 17.3 Å². The lowest BCUT2D eigenvalue weighted by atomic mass is 10.3. The van der Waals surface area contributed by atoms with E-state index in [-0.39, 0.29) is 23.9 Å². The standard InChI is InChI=1S/C8H17NO5S2/c10-4-1-2-5-16(13,14)9-8-3-6-15(11,12)7-8/h8-10H,1-7H2. The zero-order valence-electron chi connectivity index (χ0n) is 8.92. The molecule has 1 fully saturated rings. The molecule has 1 heterocycles. The molecule has 1 aliphatic heterocycles. The second kappa shape index (κ2) is 5.44. The molecule has 8 heteroatoms. The van der Waals surface area contributed by atoms with Crippen LogP contribution in [0.2, 0.25) is 0 Å². The summed E-state index contributed by atoms with van der Waals surface area (Å²) in [7, 11) is -6.47. The van der Waals surface area contributed by atoms with E-state index in [4.69, 9.17) is 5.11 Å². The number of sulfone groups is 1. The van der Waals surface area contributed by atoms with Crippen LogP contribution < -0.4 is 4.72 Å². The van der Waals surface area contributed by atoms with E-state index in [9.17, 15) is 16.8 Å². The van der Waals surface area contributed by atoms with Crippen molar-refractivity contribution in [2.24, 2.45) is 0 Å². The van der Waals surface area contributed by atoms with Crippen molar-refractivity contribution in [3.63, 3.8) is 0 Å². The van der Waals surface area contributed by atoms with E-state index in [2.05, 4.69) is 4.72 Å². The minimum atomic E-state index is -3.41. The predicted molar refractivity (Wildman–Crippen MR) is 60.3 cm³/mol. The Bertz CT molecular complexity index is 414. The first kappa shape index (κ1) is 13.9. The van der Waals surface area contributed by atoms with Crippen molar-refractivity contribution in [3.05, 3.63) is 0 Å². The first-order valence-corrected chi connectivity index (χ1v) is 8.63. The van der Waals surface area contributed by atoms with Gasteiger partial charge in [-0.3, -0.25) is 0 Å². The van der Waals surface area contributed by atoms with Gasteiger partial charge >= 0.3 is 0 Å². The van der Waals surface area contributed by atoms with Crippen LogP contribution in [0.25, 0.3) is 0 Å². The molecule has 96 valence electrons. The lowest BCUT2D eigenvalue weighted by Gasteiger charge is -2.10. The van der Waals surface area contributed by atoms with Crippen molar-refractivity contribution in [3.8, 4) is 0 Å². The molecule has 1 saturated heterocycles. The number of aliphatic hydroxyl groups excluding tert-OH is 1. The zero-order chi connectivity index (χ0) is 12.2. The molecule has 16 heavy (non-hydrogen) atoms. The first-order chi connectivity index (χ1) is 7.35. The predicted octanol–water partition coefficient (Wildman–Crippen LogP) is -1.13. The molecule has 1 unspecified atom stereocenters. The van der Waals surface area contributed by atoms with E-state index in [0.717, 1.165) is 0 Å². The highest BCUT2D eigenvalue weighted by Gasteiger charge is 2.30. The number of hydrogen-bond acceptors (Lipinski definition) is 5. The summed E-state index contributed by atoms with van der Waals surface area (Å²) < 4.78 is 47.6. The SMILES string of the molecule is O=S1(=O)CCC(NS(=O)(=O)CCCCO)C1. The molecule has 0 amide bonds. The molecule has 0 radical (unpaired) electrons. The summed E-state index contributed by atoms with van der Waals surface area (Å²) in [5.74, 6) is -0.118. The fourth-order valence-electron chi connectivity index (χ4n) is 1.60. The van der Waals surface area contributed by atoms with Crippen molar-refractivity contribution in [2.45, 2.75) is 25.3 Å². The van der Waals surface area contributed by atoms with Gasteiger partial charge in [-0.2, -0.15) is 0 Å². The highest BCUT2D eigenvalue weighted by atomic mass is 32.2. The molecule has 0 aromatic carbocycles. The highest BCUT2D eigenvalue weighted by Crippen LogP contribution is 2.12. The Balaban J connectivity index is 2.42. The molecule has 6 nitrogen and oxygen atoms in total. The second-order valence-electron chi connectivity index (χ2n) is 3.97. The summed E-state index contributed by atoms with van der Waals surface area (Å²) in [5.41, 5.74) is 0. The Hall–Kier alpha value is -0.180. The maximum atomic E-state index is 11.5. The molecular weight excluding hydrogens is 254 g/mol. The average molecular weight is 271 g/mol. The van der Waals surface area contributed by atoms with Gasteiger partial charge in [-0.05, 0) is 19.3 Å². The normalized spacial score (nSPS) is 24.7. The Morgan fingerprint density at radius 2 is 2.00 bits per heavy atom. The van der Waals surface area contributed by atoms with E-state index in [0.29, 0.717) is 19.3 Å². The number of rotatable bonds is 6. The maximum Gasteiger partial charge on any atom is 0.211 e. The quantitative estimate of drug-likeness (QED) is 0.595. The van der Waals surface area contributed by atoms with Gasteiger partial charge < -0.3 is 5.11 Å². The molecule has 0 saturated carbocycles. The van der Waals surface area contributed by atoms with Crippen LogP contribution >= 0.6 is 0 Å². The molecule has 0 bridgehead atoms. The maximum absolute atomic E-state index is 11.5. The van der Waals surface area contributed by atoms with Crippen molar-refractivity contribution >= 4 is 19.9 Å². The van der Waals surface area contributed by atoms with E-state index < -0.39 is 25.9 Å². The van der Waals surface area contributed by atoms with Gasteiger partial charge in [0.2, 0.25) is 10.0 Å². The zero-order valence-corrected chi connectivity index (χ0v) is 10.6. The van der Waals surface area contributed by atoms with Gasteiger partial charge in [-0.15, -0.1) is 0 Å². The van der Waals surface area contributed by atoms with E-state index >= 15 is 0 Å². The molecule has 2 N–H and O–H groups in total. The van der Waals surface area contributed by atoms with E-state index in [1.54, 1.807) is 0 Å². The molecular formula is C8H17NO5S2. The van der Waals surface area contributed by atoms with Gasteiger partial charge in [-0.25, -0.2) is 21.6 Å². The second-order valence-corrected chi connectivity index (χ2v) is 8.07. The molecule has 0 aliphatic carbocycles. The third-order valence-corrected chi connectivity index (χ3v) is 5.69. The third kappa shape index (κ3) is 4.77. The summed E-state index contributed by atoms with van der Waals surface area (Å²) in [6.07, 6.45) is 1.16. The molecule has 0 aromatic heterocycles. The number of unbranched alkanes of at least 4 members (excludes halogenated alkanes) is 1. The van der Waals surface area contributed by atoms with Crippen LogP contribution in [0.1, 0.15) is 19.3 Å². The van der Waals surface area contributed by atoms with Crippen LogP contribution in [-0.2, 0) is 19.9 Å². The van der Waals surface area contributed by atoms with Crippen molar-refractivity contribution < 1.29 is 21.9 Å². The Morgan fingerprint density at radius 3 is 2.50 bits per heavy atom. The lowest BCUT2D eigenvalue weighted by Crippen LogP contribution is -2.37. The van der Waals surface area contributed by atoms with Crippen molar-refractivity contribution in [1.82, 2.24) is 4.72 Å². The summed E-state index contributed by atoms with van der Waals surface area (Å²) in [6, 6.07) is -0.482. The van der Waals surface area contributed by atoms with Crippen molar-refractivity contribution in [1.29, 1.82) is 0 Å². The minimum absolute atomic E-state index is 0.0344. The first-order valence-electron chi connectivity index (χ1n) is 5.16. The molecule has 0 spiro atoms. The third-order valence-electron chi connectivity index (χ3n) is 2.40. The van der Waals surface area contributed by atoms with Crippen LogP contribution in [0.5, 0.6) is 0 Å². The lowest BCUT2D eigenvalue weighted by molar-refractivity contribution is 0.287. The summed E-state index contributed by atoms with van der Waals surface area (Å²) in [4.78, 5) is 0. The van der Waals surface area contributed by atoms with Crippen LogP contribution in [0.15, 0.2) is 0 Å². The minimum Gasteiger partial charge on any atom is -0.396 e. The van der Waals surface area contributed by atoms with E-state index in [1.165, 1.54) is 0 Å². The fourth-order valence-corrected chi connectivity index (χ4v) is 4.79. The summed E-state index contributed by atoms with van der Waals surface area (Å²) >= 11 is 0. The van der Waals surface area contributed by atoms with Crippen LogP contribution in [0.4, 0.5) is 0 Å². The molecule has 0 aromatic rings. The van der Waals surface area contributed by atoms with Gasteiger partial charge in [-0.1, -0.05) is 0 Å². The Kier molecular flexibility index (Phi) is 4.72. The van der Waals surface area contributed by atoms with Gasteiger partial charge in [0.1, 0.15) is 0 Å². The summed E-state index contributed by atoms with van der Waals surface area (Å²) in [6.45, 7) is -0.0344. The largest absolute Gasteiger partial charge is 0.396 e. The monoisotopic (exact) mass is 271 g/mol. The summed E-state index contributed by atoms with van der Waals surface area (Å²) in [5, 5.41) is 8.52. The smallest absolute Gasteiger partial charge is 0.211 e. The molecule has 1 aliphatic rings. The number of hydrogen-bond donors (Lipinski definition) is 2. The highest BCUT2D eigenvalue weighted by molar-refractivity contribution is 7.92. The van der Waals surface area contributed by atoms with Crippen LogP contribution in [-0.4, -0.2) is 51.8 Å². The Morgan fingerprint density at radius 1 is 1.31 bits per heavy atom. The van der Waals surface area contributed by atoms with Crippen LogP contribution in [0.3, 0.4) is 0 Å². The van der Waals surface area contributed by atoms with Crippen molar-refractivity contribution in [2.75, 3.05) is 23.9 Å². The van der Waals surface area contributed by atoms with E-state index in [1.807, 2.05) is 0 Å². The van der Waals surface area contributed by atoms with Gasteiger partial charge in [0.15, 0.2) is 9.84 Å². The van der Waals surface area contributed by atoms with Gasteiger partial charge in [0, 0.05) is 12.6 Å². The average Bonchev–Trinajstić information content (AvgIpc) is 2.44.